The maximum absolute atomic E-state index is 12.1. The molecule has 1 unspecified atom stereocenters. The van der Waals surface area contributed by atoms with Crippen LogP contribution in [0.15, 0.2) is 47.4 Å². The van der Waals surface area contributed by atoms with E-state index < -0.39 is 23.5 Å². The number of hydrogen-bond donors (Lipinski definition) is 3. The van der Waals surface area contributed by atoms with Crippen LogP contribution in [0.5, 0.6) is 0 Å². The van der Waals surface area contributed by atoms with Crippen molar-refractivity contribution >= 4 is 29.1 Å². The van der Waals surface area contributed by atoms with Crippen LogP contribution >= 0.6 is 23.2 Å². The minimum Gasteiger partial charge on any atom is -0.388 e. The monoisotopic (exact) mass is 374 g/mol. The first-order chi connectivity index (χ1) is 11.3. The number of rotatable bonds is 5. The molecule has 130 valence electrons. The van der Waals surface area contributed by atoms with Crippen molar-refractivity contribution < 1.29 is 14.3 Å². The second-order valence-electron chi connectivity index (χ2n) is 4.76. The Morgan fingerprint density at radius 1 is 1.21 bits per heavy atom. The van der Waals surface area contributed by atoms with Gasteiger partial charge in [-0.2, -0.15) is 0 Å². The number of aliphatic hydroxyl groups is 1. The second-order valence-corrected chi connectivity index (χ2v) is 5.86. The highest BCUT2D eigenvalue weighted by molar-refractivity contribution is 6.53. The first-order valence-electron chi connectivity index (χ1n) is 6.95. The molecule has 1 atom stereocenters. The van der Waals surface area contributed by atoms with Gasteiger partial charge < -0.3 is 15.8 Å². The maximum Gasteiger partial charge on any atom is 0.250 e. The Balaban J connectivity index is 0.000000413. The van der Waals surface area contributed by atoms with Gasteiger partial charge in [-0.3, -0.25) is 14.0 Å². The van der Waals surface area contributed by atoms with Crippen LogP contribution in [0.1, 0.15) is 18.1 Å². The Kier molecular flexibility index (Phi) is 8.46. The molecule has 0 saturated carbocycles. The minimum atomic E-state index is -1.06. The summed E-state index contributed by atoms with van der Waals surface area (Å²) in [5.41, 5.74) is 6.75. The van der Waals surface area contributed by atoms with Gasteiger partial charge in [0.05, 0.1) is 12.8 Å². The molecule has 0 bridgehead atoms. The molecule has 0 aliphatic heterocycles. The molecule has 2 aromatic rings. The lowest BCUT2D eigenvalue weighted by molar-refractivity contribution is -0.116. The summed E-state index contributed by atoms with van der Waals surface area (Å²) in [6.07, 6.45) is 0.914. The van der Waals surface area contributed by atoms with Crippen molar-refractivity contribution in [3.8, 4) is 11.1 Å². The summed E-state index contributed by atoms with van der Waals surface area (Å²) in [4.78, 5) is 22.3. The van der Waals surface area contributed by atoms with Crippen molar-refractivity contribution in [3.05, 3.63) is 58.5 Å². The molecule has 5 nitrogen and oxygen atoms in total. The molecule has 0 spiro atoms. The van der Waals surface area contributed by atoms with Gasteiger partial charge in [0.2, 0.25) is 5.56 Å². The number of nitrogens with one attached hydrogen (secondary N) is 1. The Bertz CT molecular complexity index is 705. The summed E-state index contributed by atoms with van der Waals surface area (Å²) >= 11 is 9.81. The van der Waals surface area contributed by atoms with Gasteiger partial charge in [0, 0.05) is 18.7 Å². The van der Waals surface area contributed by atoms with Crippen LogP contribution in [-0.4, -0.2) is 27.5 Å². The number of aromatic amines is 1. The first-order valence-corrected chi connectivity index (χ1v) is 7.83. The Morgan fingerprint density at radius 3 is 2.25 bits per heavy atom. The van der Waals surface area contributed by atoms with Crippen LogP contribution in [0.2, 0.25) is 0 Å². The van der Waals surface area contributed by atoms with Crippen molar-refractivity contribution in [1.29, 1.82) is 0 Å². The number of primary amides is 1. The highest BCUT2D eigenvalue weighted by Crippen LogP contribution is 2.22. The van der Waals surface area contributed by atoms with Gasteiger partial charge in [0.15, 0.2) is 4.84 Å². The smallest absolute Gasteiger partial charge is 0.250 e. The number of nitrogens with two attached hydrogens (primary N) is 1. The van der Waals surface area contributed by atoms with Crippen LogP contribution in [0.4, 0.5) is 4.39 Å². The number of halogens is 3. The topological polar surface area (TPSA) is 96.2 Å². The van der Waals surface area contributed by atoms with E-state index in [0.717, 1.165) is 11.1 Å². The predicted molar refractivity (Wildman–Crippen MR) is 92.7 cm³/mol. The van der Waals surface area contributed by atoms with E-state index in [1.165, 1.54) is 6.07 Å². The average Bonchev–Trinajstić information content (AvgIpc) is 2.55. The molecule has 2 rings (SSSR count). The average molecular weight is 375 g/mol. The molecule has 24 heavy (non-hydrogen) atoms. The van der Waals surface area contributed by atoms with E-state index >= 15 is 0 Å². The van der Waals surface area contributed by atoms with Crippen LogP contribution < -0.4 is 11.3 Å². The number of hydrogen-bond acceptors (Lipinski definition) is 3. The molecule has 4 N–H and O–H groups in total. The number of carbonyl (C=O) groups is 1. The molecule has 0 aliphatic rings. The van der Waals surface area contributed by atoms with E-state index in [-0.39, 0.29) is 12.0 Å². The number of pyridine rings is 1. The fourth-order valence-electron chi connectivity index (χ4n) is 1.79. The van der Waals surface area contributed by atoms with E-state index in [1.54, 1.807) is 24.4 Å². The van der Waals surface area contributed by atoms with E-state index in [1.807, 2.05) is 12.1 Å². The summed E-state index contributed by atoms with van der Waals surface area (Å²) in [6.45, 7) is -0.545. The molecular formula is C16H17Cl2FN2O3. The first kappa shape index (κ1) is 20.2. The molecule has 0 radical (unpaired) electrons. The minimum absolute atomic E-state index is 0.102. The Labute approximate surface area is 148 Å². The van der Waals surface area contributed by atoms with E-state index in [9.17, 15) is 19.1 Å². The second kappa shape index (κ2) is 10.1. The Morgan fingerprint density at radius 2 is 1.79 bits per heavy atom. The fraction of sp³-hybridized carbons (Fsp3) is 0.250. The number of H-pyrrole nitrogens is 1. The number of alkyl halides is 3. The van der Waals surface area contributed by atoms with Crippen molar-refractivity contribution in [2.75, 3.05) is 6.67 Å². The zero-order valence-electron chi connectivity index (χ0n) is 12.6. The van der Waals surface area contributed by atoms with Gasteiger partial charge in [-0.25, -0.2) is 0 Å². The summed E-state index contributed by atoms with van der Waals surface area (Å²) in [7, 11) is 0. The van der Waals surface area contributed by atoms with Gasteiger partial charge in [0.1, 0.15) is 0 Å². The zero-order chi connectivity index (χ0) is 18.1. The number of amides is 1. The normalized spacial score (nSPS) is 11.5. The number of aliphatic hydroxyl groups excluding tert-OH is 1. The van der Waals surface area contributed by atoms with Crippen LogP contribution in [0, 0.1) is 0 Å². The number of benzene rings is 1. The summed E-state index contributed by atoms with van der Waals surface area (Å²) in [6, 6.07) is 10.4. The van der Waals surface area contributed by atoms with Gasteiger partial charge in [0.25, 0.3) is 5.91 Å². The molecule has 0 saturated heterocycles. The third kappa shape index (κ3) is 6.70. The highest BCUT2D eigenvalue weighted by Gasteiger charge is 2.07. The van der Waals surface area contributed by atoms with Gasteiger partial charge in [-0.1, -0.05) is 47.5 Å². The lowest BCUT2D eigenvalue weighted by Crippen LogP contribution is -2.17. The van der Waals surface area contributed by atoms with Crippen LogP contribution in [0.25, 0.3) is 11.1 Å². The van der Waals surface area contributed by atoms with Crippen molar-refractivity contribution in [2.24, 2.45) is 5.73 Å². The molecule has 1 aromatic heterocycles. The fourth-order valence-corrected chi connectivity index (χ4v) is 1.79. The van der Waals surface area contributed by atoms with Gasteiger partial charge in [-0.15, -0.1) is 0 Å². The van der Waals surface area contributed by atoms with Crippen molar-refractivity contribution in [2.45, 2.75) is 17.4 Å². The third-order valence-corrected chi connectivity index (χ3v) is 3.43. The van der Waals surface area contributed by atoms with Gasteiger partial charge >= 0.3 is 0 Å². The number of carbonyl (C=O) groups excluding carboxylic acids is 1. The molecule has 8 heteroatoms. The molecule has 1 heterocycles. The molecule has 0 aliphatic carbocycles. The SMILES string of the molecule is NC(=O)C(Cl)Cl.O=c1cc(-c2ccc(C(O)CCF)cc2)cc[nH]1. The Hall–Kier alpha value is -1.89. The van der Waals surface area contributed by atoms with Crippen molar-refractivity contribution in [3.63, 3.8) is 0 Å². The third-order valence-electron chi connectivity index (χ3n) is 3.00. The quantitative estimate of drug-likeness (QED) is 0.701. The maximum atomic E-state index is 12.1. The summed E-state index contributed by atoms with van der Waals surface area (Å²) in [5.74, 6) is -0.710. The molecule has 1 aromatic carbocycles. The predicted octanol–water partition coefficient (Wildman–Crippen LogP) is 2.71. The van der Waals surface area contributed by atoms with Crippen LogP contribution in [0.3, 0.4) is 0 Å². The van der Waals surface area contributed by atoms with E-state index in [2.05, 4.69) is 10.7 Å². The van der Waals surface area contributed by atoms with E-state index in [0.29, 0.717) is 5.56 Å². The van der Waals surface area contributed by atoms with Gasteiger partial charge in [-0.05, 0) is 22.8 Å². The largest absolute Gasteiger partial charge is 0.388 e. The van der Waals surface area contributed by atoms with E-state index in [4.69, 9.17) is 23.2 Å². The summed E-state index contributed by atoms with van der Waals surface area (Å²) < 4.78 is 12.1. The standard InChI is InChI=1S/C14H14FNO2.C2H3Cl2NO/c15-7-5-13(17)11-3-1-10(2-4-11)12-6-8-16-14(18)9-12;3-1(4)2(5)6/h1-4,6,8-9,13,17H,5,7H2,(H,16,18);1H,(H2,5,6). The lowest BCUT2D eigenvalue weighted by atomic mass is 10.0. The van der Waals surface area contributed by atoms with Crippen molar-refractivity contribution in [1.82, 2.24) is 4.98 Å². The number of aromatic nitrogens is 1. The van der Waals surface area contributed by atoms with Crippen LogP contribution in [-0.2, 0) is 4.79 Å². The molecule has 1 amide bonds. The highest BCUT2D eigenvalue weighted by atomic mass is 35.5. The zero-order valence-corrected chi connectivity index (χ0v) is 14.1. The molecular weight excluding hydrogens is 358 g/mol. The lowest BCUT2D eigenvalue weighted by Gasteiger charge is -2.09. The molecule has 0 fully saturated rings. The summed E-state index contributed by atoms with van der Waals surface area (Å²) in [5, 5.41) is 9.63.